The van der Waals surface area contributed by atoms with Gasteiger partial charge in [0.15, 0.2) is 0 Å². The smallest absolute Gasteiger partial charge is 0.325 e. The summed E-state index contributed by atoms with van der Waals surface area (Å²) in [6.07, 6.45) is 0.858. The molecule has 0 spiro atoms. The quantitative estimate of drug-likeness (QED) is 0.727. The second-order valence-corrected chi connectivity index (χ2v) is 2.94. The van der Waals surface area contributed by atoms with E-state index in [4.69, 9.17) is 4.74 Å². The first-order valence-electron chi connectivity index (χ1n) is 4.77. The number of carbonyl (C=O) groups excluding carboxylic acids is 1. The maximum atomic E-state index is 11.1. The third-order valence-corrected chi connectivity index (χ3v) is 1.68. The molecule has 3 heteroatoms. The van der Waals surface area contributed by atoms with Crippen LogP contribution in [0.3, 0.4) is 0 Å². The Labute approximate surface area is 84.1 Å². The fourth-order valence-corrected chi connectivity index (χ4v) is 0.997. The van der Waals surface area contributed by atoms with Gasteiger partial charge in [-0.25, -0.2) is 0 Å². The number of nitrogens with one attached hydrogen (secondary N) is 1. The van der Waals surface area contributed by atoms with Crippen LogP contribution in [-0.2, 0) is 9.53 Å². The van der Waals surface area contributed by atoms with Gasteiger partial charge in [-0.3, -0.25) is 4.79 Å². The zero-order chi connectivity index (χ0) is 10.2. The molecule has 0 heterocycles. The van der Waals surface area contributed by atoms with Crippen LogP contribution in [0.25, 0.3) is 0 Å². The number of ether oxygens (including phenoxy) is 1. The Balaban J connectivity index is 2.24. The Morgan fingerprint density at radius 1 is 1.36 bits per heavy atom. The molecule has 0 fully saturated rings. The number of para-hydroxylation sites is 1. The predicted octanol–water partition coefficient (Wildman–Crippen LogP) is 2.05. The van der Waals surface area contributed by atoms with Crippen molar-refractivity contribution in [3.8, 4) is 0 Å². The van der Waals surface area contributed by atoms with Crippen molar-refractivity contribution in [1.82, 2.24) is 0 Å². The van der Waals surface area contributed by atoms with Crippen LogP contribution >= 0.6 is 0 Å². The average Bonchev–Trinajstić information content (AvgIpc) is 2.25. The molecule has 0 radical (unpaired) electrons. The fourth-order valence-electron chi connectivity index (χ4n) is 0.997. The van der Waals surface area contributed by atoms with Crippen molar-refractivity contribution in [2.75, 3.05) is 18.5 Å². The van der Waals surface area contributed by atoms with E-state index in [9.17, 15) is 4.79 Å². The van der Waals surface area contributed by atoms with Gasteiger partial charge in [0.25, 0.3) is 0 Å². The van der Waals surface area contributed by atoms with Gasteiger partial charge >= 0.3 is 5.97 Å². The van der Waals surface area contributed by atoms with Crippen LogP contribution in [0.15, 0.2) is 30.3 Å². The van der Waals surface area contributed by atoms with Gasteiger partial charge in [-0.2, -0.15) is 0 Å². The fraction of sp³-hybridized carbons (Fsp3) is 0.364. The Kier molecular flexibility index (Phi) is 4.55. The Bertz CT molecular complexity index is 272. The van der Waals surface area contributed by atoms with Gasteiger partial charge in [0.1, 0.15) is 6.54 Å². The minimum Gasteiger partial charge on any atom is -0.464 e. The van der Waals surface area contributed by atoms with Gasteiger partial charge in [-0.15, -0.1) is 0 Å². The van der Waals surface area contributed by atoms with E-state index >= 15 is 0 Å². The second kappa shape index (κ2) is 6.02. The van der Waals surface area contributed by atoms with Crippen molar-refractivity contribution in [3.05, 3.63) is 30.3 Å². The lowest BCUT2D eigenvalue weighted by molar-refractivity contribution is -0.141. The van der Waals surface area contributed by atoms with Crippen molar-refractivity contribution in [2.24, 2.45) is 0 Å². The molecule has 0 atom stereocenters. The maximum absolute atomic E-state index is 11.1. The molecule has 3 nitrogen and oxygen atoms in total. The van der Waals surface area contributed by atoms with Crippen LogP contribution in [0.5, 0.6) is 0 Å². The van der Waals surface area contributed by atoms with Crippen molar-refractivity contribution in [2.45, 2.75) is 13.3 Å². The van der Waals surface area contributed by atoms with E-state index < -0.39 is 0 Å². The van der Waals surface area contributed by atoms with E-state index in [2.05, 4.69) is 5.32 Å². The zero-order valence-electron chi connectivity index (χ0n) is 8.32. The summed E-state index contributed by atoms with van der Waals surface area (Å²) in [5, 5.41) is 2.98. The van der Waals surface area contributed by atoms with Gasteiger partial charge in [0, 0.05) is 5.69 Å². The summed E-state index contributed by atoms with van der Waals surface area (Å²) in [4.78, 5) is 11.1. The summed E-state index contributed by atoms with van der Waals surface area (Å²) in [5.41, 5.74) is 0.931. The van der Waals surface area contributed by atoms with E-state index in [0.717, 1.165) is 12.1 Å². The topological polar surface area (TPSA) is 38.3 Å². The predicted molar refractivity (Wildman–Crippen MR) is 56.2 cm³/mol. The van der Waals surface area contributed by atoms with E-state index in [1.165, 1.54) is 0 Å². The molecule has 0 saturated heterocycles. The van der Waals surface area contributed by atoms with Gasteiger partial charge in [-0.05, 0) is 18.6 Å². The second-order valence-electron chi connectivity index (χ2n) is 2.94. The molecule has 1 rings (SSSR count). The first-order chi connectivity index (χ1) is 6.83. The first-order valence-corrected chi connectivity index (χ1v) is 4.77. The Hall–Kier alpha value is -1.51. The molecule has 1 N–H and O–H groups in total. The lowest BCUT2D eigenvalue weighted by Crippen LogP contribution is -2.17. The first kappa shape index (κ1) is 10.6. The molecule has 76 valence electrons. The SMILES string of the molecule is CCCOC(=O)CNc1ccccc1. The molecule has 0 bridgehead atoms. The molecule has 0 saturated carbocycles. The minimum absolute atomic E-state index is 0.212. The number of hydrogen-bond acceptors (Lipinski definition) is 3. The lowest BCUT2D eigenvalue weighted by atomic mass is 10.3. The van der Waals surface area contributed by atoms with Crippen LogP contribution in [0.4, 0.5) is 5.69 Å². The summed E-state index contributed by atoms with van der Waals surface area (Å²) in [6, 6.07) is 9.58. The molecule has 14 heavy (non-hydrogen) atoms. The summed E-state index contributed by atoms with van der Waals surface area (Å²) in [6.45, 7) is 2.69. The van der Waals surface area contributed by atoms with Crippen LogP contribution in [0.2, 0.25) is 0 Å². The zero-order valence-corrected chi connectivity index (χ0v) is 8.32. The van der Waals surface area contributed by atoms with Crippen molar-refractivity contribution in [3.63, 3.8) is 0 Å². The average molecular weight is 193 g/mol. The Morgan fingerprint density at radius 3 is 2.71 bits per heavy atom. The number of carbonyl (C=O) groups is 1. The molecule has 0 aliphatic rings. The Morgan fingerprint density at radius 2 is 2.07 bits per heavy atom. The molecule has 0 unspecified atom stereocenters. The van der Waals surface area contributed by atoms with Crippen LogP contribution in [-0.4, -0.2) is 19.1 Å². The number of benzene rings is 1. The summed E-state index contributed by atoms with van der Waals surface area (Å²) in [5.74, 6) is -0.212. The third kappa shape index (κ3) is 3.94. The van der Waals surface area contributed by atoms with Crippen molar-refractivity contribution >= 4 is 11.7 Å². The monoisotopic (exact) mass is 193 g/mol. The number of rotatable bonds is 5. The van der Waals surface area contributed by atoms with Crippen LogP contribution in [0, 0.1) is 0 Å². The number of hydrogen-bond donors (Lipinski definition) is 1. The molecular weight excluding hydrogens is 178 g/mol. The van der Waals surface area contributed by atoms with Crippen molar-refractivity contribution in [1.29, 1.82) is 0 Å². The minimum atomic E-state index is -0.212. The lowest BCUT2D eigenvalue weighted by Gasteiger charge is -2.05. The van der Waals surface area contributed by atoms with Crippen molar-refractivity contribution < 1.29 is 9.53 Å². The van der Waals surface area contributed by atoms with E-state index in [1.54, 1.807) is 0 Å². The molecule has 0 aliphatic heterocycles. The standard InChI is InChI=1S/C11H15NO2/c1-2-8-14-11(13)9-12-10-6-4-3-5-7-10/h3-7,12H,2,8-9H2,1H3. The summed E-state index contributed by atoms with van der Waals surface area (Å²) in [7, 11) is 0. The highest BCUT2D eigenvalue weighted by Crippen LogP contribution is 2.03. The van der Waals surface area contributed by atoms with Gasteiger partial charge < -0.3 is 10.1 Å². The molecule has 1 aromatic rings. The van der Waals surface area contributed by atoms with Gasteiger partial charge in [0.2, 0.25) is 0 Å². The molecular formula is C11H15NO2. The van der Waals surface area contributed by atoms with Crippen LogP contribution < -0.4 is 5.32 Å². The third-order valence-electron chi connectivity index (χ3n) is 1.68. The number of esters is 1. The highest BCUT2D eigenvalue weighted by atomic mass is 16.5. The maximum Gasteiger partial charge on any atom is 0.325 e. The van der Waals surface area contributed by atoms with Gasteiger partial charge in [0.05, 0.1) is 6.61 Å². The van der Waals surface area contributed by atoms with E-state index in [-0.39, 0.29) is 12.5 Å². The molecule has 0 aliphatic carbocycles. The summed E-state index contributed by atoms with van der Waals surface area (Å²) < 4.78 is 4.91. The highest BCUT2D eigenvalue weighted by molar-refractivity contribution is 5.74. The van der Waals surface area contributed by atoms with Crippen LogP contribution in [0.1, 0.15) is 13.3 Å². The largest absolute Gasteiger partial charge is 0.464 e. The summed E-state index contributed by atoms with van der Waals surface area (Å²) >= 11 is 0. The van der Waals surface area contributed by atoms with E-state index in [1.807, 2.05) is 37.3 Å². The highest BCUT2D eigenvalue weighted by Gasteiger charge is 2.00. The molecule has 0 amide bonds. The number of anilines is 1. The van der Waals surface area contributed by atoms with E-state index in [0.29, 0.717) is 6.61 Å². The normalized spacial score (nSPS) is 9.50. The molecule has 1 aromatic carbocycles. The van der Waals surface area contributed by atoms with Gasteiger partial charge in [-0.1, -0.05) is 25.1 Å². The molecule has 0 aromatic heterocycles.